The van der Waals surface area contributed by atoms with Gasteiger partial charge in [0.25, 0.3) is 0 Å². The molecular weight excluding hydrogens is 470 g/mol. The van der Waals surface area contributed by atoms with Crippen molar-refractivity contribution in [2.24, 2.45) is 0 Å². The van der Waals surface area contributed by atoms with Crippen LogP contribution in [0.5, 0.6) is 0 Å². The summed E-state index contributed by atoms with van der Waals surface area (Å²) in [6.07, 6.45) is -7.26. The molecule has 7 nitrogen and oxygen atoms in total. The molecule has 0 bridgehead atoms. The second kappa shape index (κ2) is 11.8. The Morgan fingerprint density at radius 3 is 2.09 bits per heavy atom. The van der Waals surface area contributed by atoms with Crippen LogP contribution in [0.15, 0.2) is 16.8 Å². The Labute approximate surface area is 184 Å². The molecule has 2 aliphatic rings. The molecule has 2 saturated heterocycles. The Bertz CT molecular complexity index is 702. The van der Waals surface area contributed by atoms with Crippen molar-refractivity contribution in [3.8, 4) is 0 Å². The molecule has 2 fully saturated rings. The van der Waals surface area contributed by atoms with Crippen LogP contribution in [0.3, 0.4) is 0 Å². The minimum absolute atomic E-state index is 0.410. The van der Waals surface area contributed by atoms with E-state index in [1.165, 1.54) is 18.4 Å². The second-order valence-corrected chi connectivity index (χ2v) is 8.02. The molecule has 32 heavy (non-hydrogen) atoms. The highest BCUT2D eigenvalue weighted by atomic mass is 32.1. The van der Waals surface area contributed by atoms with E-state index in [-0.39, 0.29) is 0 Å². The van der Waals surface area contributed by atoms with Gasteiger partial charge in [-0.3, -0.25) is 4.90 Å². The van der Waals surface area contributed by atoms with E-state index in [2.05, 4.69) is 40.7 Å². The first kappa shape index (κ1) is 28.1. The van der Waals surface area contributed by atoms with Crippen LogP contribution in [0.25, 0.3) is 0 Å². The van der Waals surface area contributed by atoms with E-state index in [9.17, 15) is 26.3 Å². The predicted octanol–water partition coefficient (Wildman–Crippen LogP) is 3.31. The molecule has 1 aromatic rings. The van der Waals surface area contributed by atoms with Gasteiger partial charge in [0.2, 0.25) is 0 Å². The monoisotopic (exact) mass is 494 g/mol. The van der Waals surface area contributed by atoms with Crippen LogP contribution in [0.2, 0.25) is 0 Å². The maximum Gasteiger partial charge on any atom is 0.490 e. The van der Waals surface area contributed by atoms with Gasteiger partial charge in [0.05, 0.1) is 6.10 Å². The Kier molecular flexibility index (Phi) is 10.4. The van der Waals surface area contributed by atoms with Crippen LogP contribution >= 0.6 is 11.3 Å². The molecule has 3 rings (SSSR count). The van der Waals surface area contributed by atoms with Gasteiger partial charge in [-0.15, -0.1) is 0 Å². The van der Waals surface area contributed by atoms with Crippen molar-refractivity contribution in [2.75, 3.05) is 27.2 Å². The molecule has 2 N–H and O–H groups in total. The Morgan fingerprint density at radius 2 is 1.69 bits per heavy atom. The zero-order valence-corrected chi connectivity index (χ0v) is 18.0. The summed E-state index contributed by atoms with van der Waals surface area (Å²) in [4.78, 5) is 22.7. The summed E-state index contributed by atoms with van der Waals surface area (Å²) in [5.74, 6) is -5.51. The summed E-state index contributed by atoms with van der Waals surface area (Å²) in [7, 11) is 4.35. The van der Waals surface area contributed by atoms with E-state index < -0.39 is 24.3 Å². The van der Waals surface area contributed by atoms with Crippen LogP contribution in [0.4, 0.5) is 26.3 Å². The number of thiophene rings is 1. The third-order valence-electron chi connectivity index (χ3n) is 4.72. The van der Waals surface area contributed by atoms with Gasteiger partial charge in [-0.05, 0) is 49.3 Å². The molecule has 2 aliphatic heterocycles. The van der Waals surface area contributed by atoms with Crippen molar-refractivity contribution in [3.63, 3.8) is 0 Å². The normalized spacial score (nSPS) is 23.5. The summed E-state index contributed by atoms with van der Waals surface area (Å²) in [6.45, 7) is 3.16. The number of rotatable bonds is 3. The number of aliphatic carboxylic acids is 2. The summed E-state index contributed by atoms with van der Waals surface area (Å²) < 4.78 is 69.5. The number of carbonyl (C=O) groups is 2. The molecule has 0 spiro atoms. The lowest BCUT2D eigenvalue weighted by Crippen LogP contribution is -2.45. The van der Waals surface area contributed by atoms with E-state index in [1.54, 1.807) is 11.3 Å². The van der Waals surface area contributed by atoms with Gasteiger partial charge in [0.1, 0.15) is 0 Å². The highest BCUT2D eigenvalue weighted by molar-refractivity contribution is 7.07. The van der Waals surface area contributed by atoms with Crippen molar-refractivity contribution in [1.29, 1.82) is 0 Å². The Morgan fingerprint density at radius 1 is 1.16 bits per heavy atom. The lowest BCUT2D eigenvalue weighted by atomic mass is 10.0. The number of likely N-dealkylation sites (N-methyl/N-ethyl adjacent to an activating group) is 1. The van der Waals surface area contributed by atoms with Gasteiger partial charge >= 0.3 is 24.3 Å². The quantitative estimate of drug-likeness (QED) is 0.624. The van der Waals surface area contributed by atoms with Crippen LogP contribution in [-0.2, 0) is 20.9 Å². The maximum absolute atomic E-state index is 10.6. The number of carboxylic acids is 2. The van der Waals surface area contributed by atoms with Gasteiger partial charge in [0, 0.05) is 31.8 Å². The number of hydrogen-bond acceptors (Lipinski definition) is 6. The molecule has 0 radical (unpaired) electrons. The zero-order valence-electron chi connectivity index (χ0n) is 17.2. The molecule has 0 aliphatic carbocycles. The third kappa shape index (κ3) is 8.92. The number of carboxylic acid groups (broad SMARTS) is 2. The number of hydrogen-bond donors (Lipinski definition) is 2. The highest BCUT2D eigenvalue weighted by Crippen LogP contribution is 2.32. The lowest BCUT2D eigenvalue weighted by molar-refractivity contribution is -0.193. The molecule has 184 valence electrons. The molecule has 0 aromatic carbocycles. The van der Waals surface area contributed by atoms with Gasteiger partial charge < -0.3 is 19.8 Å². The van der Waals surface area contributed by atoms with Crippen LogP contribution in [0, 0.1) is 0 Å². The van der Waals surface area contributed by atoms with Crippen LogP contribution < -0.4 is 0 Å². The van der Waals surface area contributed by atoms with Crippen molar-refractivity contribution >= 4 is 23.3 Å². The molecule has 3 atom stereocenters. The van der Waals surface area contributed by atoms with Gasteiger partial charge in [0.15, 0.2) is 0 Å². The molecule has 0 saturated carbocycles. The number of fused-ring (bicyclic) bond motifs is 1. The van der Waals surface area contributed by atoms with Gasteiger partial charge in [-0.25, -0.2) is 9.59 Å². The zero-order chi connectivity index (χ0) is 24.7. The summed E-state index contributed by atoms with van der Waals surface area (Å²) >= 11 is 1.79. The fraction of sp³-hybridized carbons (Fsp3) is 0.667. The summed E-state index contributed by atoms with van der Waals surface area (Å²) in [5.41, 5.74) is 1.45. The molecular formula is C18H24F6N2O5S. The molecule has 3 heterocycles. The topological polar surface area (TPSA) is 90.3 Å². The lowest BCUT2D eigenvalue weighted by Gasteiger charge is -2.33. The molecule has 1 aromatic heterocycles. The van der Waals surface area contributed by atoms with Crippen molar-refractivity contribution in [3.05, 3.63) is 22.4 Å². The van der Waals surface area contributed by atoms with E-state index in [1.807, 2.05) is 0 Å². The predicted molar refractivity (Wildman–Crippen MR) is 102 cm³/mol. The first-order chi connectivity index (χ1) is 14.6. The molecule has 0 unspecified atom stereocenters. The first-order valence-corrected chi connectivity index (χ1v) is 10.2. The summed E-state index contributed by atoms with van der Waals surface area (Å²) in [5, 5.41) is 18.7. The van der Waals surface area contributed by atoms with E-state index in [4.69, 9.17) is 24.5 Å². The van der Waals surface area contributed by atoms with Gasteiger partial charge in [-0.2, -0.15) is 37.7 Å². The fourth-order valence-corrected chi connectivity index (χ4v) is 3.94. The number of nitrogens with zero attached hydrogens (tertiary/aromatic N) is 2. The van der Waals surface area contributed by atoms with Crippen LogP contribution in [-0.4, -0.2) is 89.7 Å². The van der Waals surface area contributed by atoms with Gasteiger partial charge in [-0.1, -0.05) is 0 Å². The SMILES string of the molecule is CN(C)[C@@H]1CN(Cc2ccsc2)[C@@H]2CCCO[C@H]12.O=C(O)C(F)(F)F.O=C(O)C(F)(F)F. The van der Waals surface area contributed by atoms with E-state index >= 15 is 0 Å². The van der Waals surface area contributed by atoms with Crippen LogP contribution in [0.1, 0.15) is 18.4 Å². The average Bonchev–Trinajstić information content (AvgIpc) is 3.30. The maximum atomic E-state index is 10.6. The molecule has 0 amide bonds. The van der Waals surface area contributed by atoms with E-state index in [0.717, 1.165) is 19.7 Å². The first-order valence-electron chi connectivity index (χ1n) is 9.28. The highest BCUT2D eigenvalue weighted by Gasteiger charge is 2.44. The van der Waals surface area contributed by atoms with E-state index in [0.29, 0.717) is 18.2 Å². The smallest absolute Gasteiger partial charge is 0.475 e. The standard InChI is InChI=1S/C14H22N2OS.2C2HF3O2/c1-15(2)13-9-16(8-11-5-7-18-10-11)12-4-3-6-17-14(12)13;2*3-2(4,5)1(6)7/h5,7,10,12-14H,3-4,6,8-9H2,1-2H3;2*(H,6,7)/t12-,13-,14+;;/m1../s1. The number of alkyl halides is 6. The Balaban J connectivity index is 0.000000305. The Hall–Kier alpha value is -1.90. The second-order valence-electron chi connectivity index (χ2n) is 7.24. The number of halogens is 6. The van der Waals surface area contributed by atoms with Crippen molar-refractivity contribution < 1.29 is 50.9 Å². The largest absolute Gasteiger partial charge is 0.490 e. The number of ether oxygens (including phenoxy) is 1. The van der Waals surface area contributed by atoms with Crippen molar-refractivity contribution in [2.45, 2.75) is 49.9 Å². The summed E-state index contributed by atoms with van der Waals surface area (Å²) in [6, 6.07) is 3.41. The number of likely N-dealkylation sites (tertiary alicyclic amines) is 1. The molecule has 14 heteroatoms. The third-order valence-corrected chi connectivity index (χ3v) is 5.45. The minimum Gasteiger partial charge on any atom is -0.475 e. The van der Waals surface area contributed by atoms with Crippen molar-refractivity contribution in [1.82, 2.24) is 9.80 Å². The average molecular weight is 494 g/mol. The minimum atomic E-state index is -5.08. The fourth-order valence-electron chi connectivity index (χ4n) is 3.28.